The summed E-state index contributed by atoms with van der Waals surface area (Å²) in [4.78, 5) is 23.8. The smallest absolute Gasteiger partial charge is 0.306 e. The Bertz CT molecular complexity index is 433. The van der Waals surface area contributed by atoms with Crippen molar-refractivity contribution in [3.05, 3.63) is 0 Å². The predicted octanol–water partition coefficient (Wildman–Crippen LogP) is 4.82. The lowest BCUT2D eigenvalue weighted by molar-refractivity contribution is -0.160. The first-order valence-electron chi connectivity index (χ1n) is 9.95. The zero-order chi connectivity index (χ0) is 17.7. The second-order valence-corrected chi connectivity index (χ2v) is 8.09. The van der Waals surface area contributed by atoms with Crippen LogP contribution in [0, 0.1) is 35.5 Å². The monoisotopic (exact) mass is 338 g/mol. The zero-order valence-corrected chi connectivity index (χ0v) is 15.2. The molecular weight excluding hydrogens is 304 g/mol. The van der Waals surface area contributed by atoms with Gasteiger partial charge in [0, 0.05) is 0 Å². The third-order valence-electron chi connectivity index (χ3n) is 6.59. The lowest BCUT2D eigenvalue weighted by Gasteiger charge is -2.49. The average Bonchev–Trinajstić information content (AvgIpc) is 2.56. The second kappa shape index (κ2) is 8.87. The number of unbranched alkanes of at least 4 members (excludes halogenated alkanes) is 2. The molecule has 2 N–H and O–H groups in total. The molecule has 0 aromatic rings. The minimum absolute atomic E-state index is 0.0646. The van der Waals surface area contributed by atoms with Crippen molar-refractivity contribution in [2.24, 2.45) is 35.5 Å². The molecule has 2 saturated carbocycles. The van der Waals surface area contributed by atoms with Gasteiger partial charge in [-0.15, -0.1) is 0 Å². The maximum Gasteiger partial charge on any atom is 0.306 e. The number of carboxylic acid groups (broad SMARTS) is 2. The highest BCUT2D eigenvalue weighted by Gasteiger charge is 2.51. The summed E-state index contributed by atoms with van der Waals surface area (Å²) in [6.07, 6.45) is 9.89. The molecule has 2 aliphatic carbocycles. The van der Waals surface area contributed by atoms with E-state index in [-0.39, 0.29) is 23.7 Å². The van der Waals surface area contributed by atoms with E-state index in [1.807, 2.05) is 0 Å². The Morgan fingerprint density at radius 3 is 2.08 bits per heavy atom. The molecule has 0 radical (unpaired) electrons. The van der Waals surface area contributed by atoms with Gasteiger partial charge in [-0.2, -0.15) is 0 Å². The van der Waals surface area contributed by atoms with Crippen LogP contribution in [-0.2, 0) is 9.59 Å². The molecule has 4 heteroatoms. The first-order valence-corrected chi connectivity index (χ1v) is 9.95. The highest BCUT2D eigenvalue weighted by Crippen LogP contribution is 2.53. The Hall–Kier alpha value is -1.06. The van der Waals surface area contributed by atoms with Crippen LogP contribution in [0.3, 0.4) is 0 Å². The van der Waals surface area contributed by atoms with Gasteiger partial charge in [-0.25, -0.2) is 0 Å². The van der Waals surface area contributed by atoms with Crippen molar-refractivity contribution in [3.8, 4) is 0 Å². The molecule has 2 rings (SSSR count). The van der Waals surface area contributed by atoms with Crippen LogP contribution < -0.4 is 0 Å². The van der Waals surface area contributed by atoms with Gasteiger partial charge in [0.05, 0.1) is 11.8 Å². The number of carboxylic acids is 2. The van der Waals surface area contributed by atoms with Gasteiger partial charge in [0.2, 0.25) is 0 Å². The molecule has 138 valence electrons. The first kappa shape index (κ1) is 19.3. The van der Waals surface area contributed by atoms with Crippen LogP contribution >= 0.6 is 0 Å². The van der Waals surface area contributed by atoms with Crippen LogP contribution in [0.1, 0.15) is 78.1 Å². The molecule has 24 heavy (non-hydrogen) atoms. The van der Waals surface area contributed by atoms with Gasteiger partial charge in [-0.05, 0) is 49.4 Å². The number of carbonyl (C=O) groups is 2. The summed E-state index contributed by atoms with van der Waals surface area (Å²) >= 11 is 0. The number of hydrogen-bond acceptors (Lipinski definition) is 2. The summed E-state index contributed by atoms with van der Waals surface area (Å²) in [6.45, 7) is 4.32. The van der Waals surface area contributed by atoms with Crippen LogP contribution in [0.25, 0.3) is 0 Å². The summed E-state index contributed by atoms with van der Waals surface area (Å²) in [7, 11) is 0. The molecule has 2 fully saturated rings. The number of rotatable bonds is 8. The molecule has 0 spiro atoms. The van der Waals surface area contributed by atoms with Crippen LogP contribution in [0.15, 0.2) is 0 Å². The van der Waals surface area contributed by atoms with Crippen molar-refractivity contribution < 1.29 is 19.8 Å². The Balaban J connectivity index is 2.24. The Morgan fingerprint density at radius 2 is 1.50 bits per heavy atom. The molecule has 6 atom stereocenters. The van der Waals surface area contributed by atoms with E-state index < -0.39 is 11.9 Å². The maximum atomic E-state index is 12.0. The molecule has 0 aromatic heterocycles. The van der Waals surface area contributed by atoms with Crippen molar-refractivity contribution in [2.75, 3.05) is 0 Å². The predicted molar refractivity (Wildman–Crippen MR) is 93.7 cm³/mol. The molecule has 0 saturated heterocycles. The quantitative estimate of drug-likeness (QED) is 0.665. The fourth-order valence-corrected chi connectivity index (χ4v) is 5.47. The minimum Gasteiger partial charge on any atom is -0.481 e. The third kappa shape index (κ3) is 4.31. The van der Waals surface area contributed by atoms with Gasteiger partial charge in [0.25, 0.3) is 0 Å². The summed E-state index contributed by atoms with van der Waals surface area (Å²) in [6, 6.07) is 0. The largest absolute Gasteiger partial charge is 0.481 e. The molecule has 2 aliphatic rings. The van der Waals surface area contributed by atoms with E-state index in [1.165, 1.54) is 0 Å². The molecule has 0 bridgehead atoms. The van der Waals surface area contributed by atoms with Crippen molar-refractivity contribution in [3.63, 3.8) is 0 Å². The highest BCUT2D eigenvalue weighted by molar-refractivity contribution is 5.73. The van der Waals surface area contributed by atoms with E-state index >= 15 is 0 Å². The lowest BCUT2D eigenvalue weighted by atomic mass is 9.54. The van der Waals surface area contributed by atoms with E-state index in [1.54, 1.807) is 0 Å². The average molecular weight is 338 g/mol. The first-order chi connectivity index (χ1) is 11.5. The van der Waals surface area contributed by atoms with E-state index in [2.05, 4.69) is 13.8 Å². The number of hydrogen-bond donors (Lipinski definition) is 2. The van der Waals surface area contributed by atoms with Crippen molar-refractivity contribution in [2.45, 2.75) is 78.1 Å². The molecule has 0 aromatic carbocycles. The topological polar surface area (TPSA) is 74.6 Å². The minimum atomic E-state index is -0.709. The Labute approximate surface area is 146 Å². The molecule has 0 aliphatic heterocycles. The summed E-state index contributed by atoms with van der Waals surface area (Å²) in [5.41, 5.74) is 0. The highest BCUT2D eigenvalue weighted by atomic mass is 16.4. The molecule has 0 heterocycles. The van der Waals surface area contributed by atoms with Gasteiger partial charge >= 0.3 is 11.9 Å². The van der Waals surface area contributed by atoms with E-state index in [0.29, 0.717) is 11.8 Å². The van der Waals surface area contributed by atoms with Crippen LogP contribution in [-0.4, -0.2) is 22.2 Å². The van der Waals surface area contributed by atoms with Crippen LogP contribution in [0.4, 0.5) is 0 Å². The Morgan fingerprint density at radius 1 is 0.875 bits per heavy atom. The van der Waals surface area contributed by atoms with Gasteiger partial charge in [-0.3, -0.25) is 9.59 Å². The van der Waals surface area contributed by atoms with Crippen molar-refractivity contribution >= 4 is 11.9 Å². The molecular formula is C20H34O4. The summed E-state index contributed by atoms with van der Waals surface area (Å²) in [5, 5.41) is 19.5. The molecule has 6 unspecified atom stereocenters. The maximum absolute atomic E-state index is 12.0. The van der Waals surface area contributed by atoms with Gasteiger partial charge in [0.15, 0.2) is 0 Å². The van der Waals surface area contributed by atoms with E-state index in [4.69, 9.17) is 0 Å². The van der Waals surface area contributed by atoms with Gasteiger partial charge in [0.1, 0.15) is 0 Å². The number of fused-ring (bicyclic) bond motifs is 1. The lowest BCUT2D eigenvalue weighted by Crippen LogP contribution is -2.48. The standard InChI is InChI=1S/C20H34O4/c1-3-5-7-13-11-16-15(19(21)22)10-9-14(8-6-4-2)18(16)17(12-13)20(23)24/h13-18H,3-12H2,1-2H3,(H,21,22)(H,23,24). The zero-order valence-electron chi connectivity index (χ0n) is 15.2. The summed E-state index contributed by atoms with van der Waals surface area (Å²) in [5.74, 6) is -1.15. The molecule has 4 nitrogen and oxygen atoms in total. The van der Waals surface area contributed by atoms with E-state index in [0.717, 1.165) is 64.2 Å². The van der Waals surface area contributed by atoms with Gasteiger partial charge < -0.3 is 10.2 Å². The van der Waals surface area contributed by atoms with Gasteiger partial charge in [-0.1, -0.05) is 52.4 Å². The van der Waals surface area contributed by atoms with Crippen LogP contribution in [0.5, 0.6) is 0 Å². The normalized spacial score (nSPS) is 36.1. The van der Waals surface area contributed by atoms with Crippen LogP contribution in [0.2, 0.25) is 0 Å². The third-order valence-corrected chi connectivity index (χ3v) is 6.59. The van der Waals surface area contributed by atoms with Crippen molar-refractivity contribution in [1.82, 2.24) is 0 Å². The Kier molecular flexibility index (Phi) is 7.12. The number of aliphatic carboxylic acids is 2. The molecule has 0 amide bonds. The fourth-order valence-electron chi connectivity index (χ4n) is 5.47. The SMILES string of the molecule is CCCCC1CC(C(=O)O)C2C(CCCC)CCC(C(=O)O)C2C1. The van der Waals surface area contributed by atoms with E-state index in [9.17, 15) is 19.8 Å². The fraction of sp³-hybridized carbons (Fsp3) is 0.900. The van der Waals surface area contributed by atoms with Crippen molar-refractivity contribution in [1.29, 1.82) is 0 Å². The second-order valence-electron chi connectivity index (χ2n) is 8.09. The summed E-state index contributed by atoms with van der Waals surface area (Å²) < 4.78 is 0.